The average Bonchev–Trinajstić information content (AvgIpc) is 3.55. The first-order chi connectivity index (χ1) is 18.8. The summed E-state index contributed by atoms with van der Waals surface area (Å²) >= 11 is -4.83. The summed E-state index contributed by atoms with van der Waals surface area (Å²) in [6.45, 7) is 9.27. The van der Waals surface area contributed by atoms with Gasteiger partial charge in [0.15, 0.2) is 0 Å². The average molecular weight is 707 g/mol. The molecule has 4 aromatic carbocycles. The van der Waals surface area contributed by atoms with Gasteiger partial charge >= 0.3 is 239 Å². The number of aryl methyl sites for hydroxylation is 2. The molecule has 204 valence electrons. The van der Waals surface area contributed by atoms with Crippen LogP contribution in [0, 0.1) is 13.8 Å². The molecule has 0 saturated carbocycles. The summed E-state index contributed by atoms with van der Waals surface area (Å²) in [6, 6.07) is 32.1. The first kappa shape index (κ1) is 27.6. The minimum absolute atomic E-state index is 0.436. The molecule has 0 radical (unpaired) electrons. The molecule has 0 spiro atoms. The fourth-order valence-electron chi connectivity index (χ4n) is 9.03. The number of hydrogen-bond acceptors (Lipinski definition) is 0. The van der Waals surface area contributed by atoms with Gasteiger partial charge in [0.05, 0.1) is 0 Å². The van der Waals surface area contributed by atoms with Crippen molar-refractivity contribution in [1.29, 1.82) is 0 Å². The van der Waals surface area contributed by atoms with Crippen LogP contribution in [0.3, 0.4) is 0 Å². The fourth-order valence-corrected chi connectivity index (χ4v) is 50.7. The zero-order valence-corrected chi connectivity index (χ0v) is 30.2. The monoisotopic (exact) mass is 708 g/mol. The van der Waals surface area contributed by atoms with Crippen molar-refractivity contribution in [2.24, 2.45) is 0 Å². The van der Waals surface area contributed by atoms with E-state index in [4.69, 9.17) is 0 Å². The molecule has 2 aliphatic carbocycles. The predicted molar refractivity (Wildman–Crippen MR) is 178 cm³/mol. The summed E-state index contributed by atoms with van der Waals surface area (Å²) in [4.78, 5) is 0. The molecule has 2 unspecified atom stereocenters. The Balaban J connectivity index is 1.57. The van der Waals surface area contributed by atoms with E-state index in [2.05, 4.69) is 151 Å². The molecule has 0 aromatic heterocycles. The molecule has 0 saturated heterocycles. The van der Waals surface area contributed by atoms with E-state index in [0.717, 1.165) is 0 Å². The summed E-state index contributed by atoms with van der Waals surface area (Å²) in [6.07, 6.45) is 11.4. The van der Waals surface area contributed by atoms with Gasteiger partial charge in [-0.2, -0.15) is 0 Å². The van der Waals surface area contributed by atoms with Crippen molar-refractivity contribution in [2.45, 2.75) is 52.8 Å². The SMILES string of the molecule is CC[CH2][Hf]([CH3])([CH3])([CH3])(=[SiH2])([CH]1C=Cc2c(-c3cccc(C)c3)cccc21)[CH]1C=Cc2c(-c3cccc(C)c3)cccc21. The number of rotatable bonds is 6. The van der Waals surface area contributed by atoms with E-state index in [0.29, 0.717) is 7.35 Å². The van der Waals surface area contributed by atoms with Gasteiger partial charge in [-0.25, -0.2) is 0 Å². The van der Waals surface area contributed by atoms with Gasteiger partial charge < -0.3 is 0 Å². The Morgan fingerprint density at radius 3 is 1.45 bits per heavy atom. The third kappa shape index (κ3) is 4.01. The standard InChI is InChI=1S/2C16H13.C3H7.3CH3.Hf.H2Si/c2*1-12-5-2-8-14(11-12)16-10-4-7-13-6-3-9-15(13)16;1-3-2;;;;;/h2*2-11H,1H3;1,3H2,2H3;3*1H3;;1H2. The maximum absolute atomic E-state index is 4.83. The van der Waals surface area contributed by atoms with E-state index in [1.807, 2.05) is 0 Å². The van der Waals surface area contributed by atoms with Crippen molar-refractivity contribution in [3.05, 3.63) is 130 Å². The van der Waals surface area contributed by atoms with Crippen LogP contribution >= 0.6 is 0 Å². The third-order valence-electron chi connectivity index (χ3n) is 11.1. The zero-order chi connectivity index (χ0) is 28.4. The molecule has 2 aliphatic rings. The van der Waals surface area contributed by atoms with Crippen molar-refractivity contribution in [3.63, 3.8) is 0 Å². The second-order valence-electron chi connectivity index (χ2n) is 16.4. The van der Waals surface area contributed by atoms with Crippen molar-refractivity contribution in [2.75, 3.05) is 0 Å². The molecule has 0 aliphatic heterocycles. The van der Waals surface area contributed by atoms with Gasteiger partial charge in [0.2, 0.25) is 0 Å². The number of benzene rings is 4. The molecule has 40 heavy (non-hydrogen) atoms. The van der Waals surface area contributed by atoms with Crippen LogP contribution in [-0.2, 0) is 14.2 Å². The summed E-state index contributed by atoms with van der Waals surface area (Å²) in [5.74, 6) is 0. The van der Waals surface area contributed by atoms with Gasteiger partial charge in [0, 0.05) is 0 Å². The van der Waals surface area contributed by atoms with E-state index in [9.17, 15) is 0 Å². The molecule has 0 amide bonds. The molecule has 0 heterocycles. The Labute approximate surface area is 237 Å². The summed E-state index contributed by atoms with van der Waals surface area (Å²) < 4.78 is 10.6. The molecule has 6 rings (SSSR count). The van der Waals surface area contributed by atoms with Crippen molar-refractivity contribution in [3.8, 4) is 22.3 Å². The van der Waals surface area contributed by atoms with Crippen LogP contribution in [0.25, 0.3) is 34.4 Å². The predicted octanol–water partition coefficient (Wildman–Crippen LogP) is 10.8. The Morgan fingerprint density at radius 1 is 0.625 bits per heavy atom. The van der Waals surface area contributed by atoms with Crippen LogP contribution in [0.1, 0.15) is 54.1 Å². The fraction of sp³-hybridized carbons (Fsp3) is 0.263. The van der Waals surface area contributed by atoms with Crippen LogP contribution in [0.2, 0.25) is 18.2 Å². The Kier molecular flexibility index (Phi) is 5.70. The first-order valence-corrected chi connectivity index (χ1v) is 40.9. The number of allylic oxidation sites excluding steroid dienone is 2. The molecular formula is C38H44HfSi. The van der Waals surface area contributed by atoms with E-state index in [-0.39, 0.29) is 0 Å². The minimum atomic E-state index is -4.83. The van der Waals surface area contributed by atoms with Crippen LogP contribution in [0.15, 0.2) is 97.1 Å². The summed E-state index contributed by atoms with van der Waals surface area (Å²) in [5.41, 5.74) is 13.9. The van der Waals surface area contributed by atoms with Crippen molar-refractivity contribution >= 4 is 19.1 Å². The Bertz CT molecular complexity index is 1760. The third-order valence-corrected chi connectivity index (χ3v) is 57.6. The Morgan fingerprint density at radius 2 is 1.05 bits per heavy atom. The van der Waals surface area contributed by atoms with Gasteiger partial charge in [-0.1, -0.05) is 0 Å². The van der Waals surface area contributed by atoms with Gasteiger partial charge in [0.1, 0.15) is 0 Å². The summed E-state index contributed by atoms with van der Waals surface area (Å²) in [5, 5.41) is 0. The first-order valence-electron chi connectivity index (χ1n) is 15.1. The molecule has 0 bridgehead atoms. The number of hydrogen-bond donors (Lipinski definition) is 0. The van der Waals surface area contributed by atoms with E-state index >= 15 is 0 Å². The molecule has 0 fully saturated rings. The molecule has 0 nitrogen and oxygen atoms in total. The molecule has 0 N–H and O–H groups in total. The van der Waals surface area contributed by atoms with E-state index in [1.54, 1.807) is 0 Å². The van der Waals surface area contributed by atoms with Crippen LogP contribution < -0.4 is 0 Å². The van der Waals surface area contributed by atoms with Crippen LogP contribution in [0.5, 0.6) is 0 Å². The second-order valence-corrected chi connectivity index (χ2v) is 98.1. The topological polar surface area (TPSA) is 0 Å². The van der Waals surface area contributed by atoms with Crippen LogP contribution in [-0.4, -0.2) is 6.94 Å². The Hall–Kier alpha value is -2.55. The van der Waals surface area contributed by atoms with Gasteiger partial charge in [-0.15, -0.1) is 0 Å². The van der Waals surface area contributed by atoms with E-state index < -0.39 is 14.2 Å². The second kappa shape index (κ2) is 8.26. The van der Waals surface area contributed by atoms with E-state index in [1.165, 1.54) is 66.2 Å². The normalized spacial score (nSPS) is 20.3. The molecule has 4 aromatic rings. The molecule has 2 heteroatoms. The van der Waals surface area contributed by atoms with Gasteiger partial charge in [-0.3, -0.25) is 0 Å². The number of fused-ring (bicyclic) bond motifs is 2. The maximum atomic E-state index is 2.80. The summed E-state index contributed by atoms with van der Waals surface area (Å²) in [7, 11) is 0. The zero-order valence-electron chi connectivity index (χ0n) is 25.2. The van der Waals surface area contributed by atoms with Crippen LogP contribution in [0.4, 0.5) is 0 Å². The van der Waals surface area contributed by atoms with Crippen molar-refractivity contribution in [1.82, 2.24) is 0 Å². The van der Waals surface area contributed by atoms with Gasteiger partial charge in [0.25, 0.3) is 0 Å². The van der Waals surface area contributed by atoms with Gasteiger partial charge in [-0.05, 0) is 0 Å². The molecular weight excluding hydrogens is 663 g/mol. The quantitative estimate of drug-likeness (QED) is 0.175. The molecule has 2 atom stereocenters. The van der Waals surface area contributed by atoms with Crippen molar-refractivity contribution < 1.29 is 14.2 Å².